The summed E-state index contributed by atoms with van der Waals surface area (Å²) in [6.45, 7) is 4.71. The SMILES string of the molecule is Cc1ccc(-c2cc(CN[C@H]3CCCN(c4cccnn4)C3)on2)cc1. The van der Waals surface area contributed by atoms with E-state index in [0.717, 1.165) is 48.8 Å². The first-order valence-corrected chi connectivity index (χ1v) is 9.06. The summed E-state index contributed by atoms with van der Waals surface area (Å²) in [5.41, 5.74) is 3.20. The molecule has 1 fully saturated rings. The zero-order valence-electron chi connectivity index (χ0n) is 14.9. The number of nitrogens with zero attached hydrogens (tertiary/aromatic N) is 4. The fraction of sp³-hybridized carbons (Fsp3) is 0.350. The van der Waals surface area contributed by atoms with E-state index in [2.05, 4.69) is 56.8 Å². The summed E-state index contributed by atoms with van der Waals surface area (Å²) < 4.78 is 5.50. The first kappa shape index (κ1) is 16.7. The highest BCUT2D eigenvalue weighted by Gasteiger charge is 2.21. The molecule has 0 aliphatic carbocycles. The lowest BCUT2D eigenvalue weighted by molar-refractivity contribution is 0.350. The van der Waals surface area contributed by atoms with Gasteiger partial charge in [-0.05, 0) is 31.9 Å². The quantitative estimate of drug-likeness (QED) is 0.763. The van der Waals surface area contributed by atoms with Gasteiger partial charge >= 0.3 is 0 Å². The molecule has 3 aromatic rings. The topological polar surface area (TPSA) is 67.1 Å². The van der Waals surface area contributed by atoms with Crippen LogP contribution in [0, 0.1) is 6.92 Å². The molecule has 0 bridgehead atoms. The number of benzene rings is 1. The van der Waals surface area contributed by atoms with Crippen LogP contribution in [0.3, 0.4) is 0 Å². The summed E-state index contributed by atoms with van der Waals surface area (Å²) in [5, 5.41) is 16.0. The largest absolute Gasteiger partial charge is 0.359 e. The lowest BCUT2D eigenvalue weighted by Crippen LogP contribution is -2.45. The first-order chi connectivity index (χ1) is 12.8. The van der Waals surface area contributed by atoms with Crippen LogP contribution in [-0.4, -0.2) is 34.5 Å². The fourth-order valence-electron chi connectivity index (χ4n) is 3.32. The summed E-state index contributed by atoms with van der Waals surface area (Å²) in [6, 6.07) is 14.7. The monoisotopic (exact) mass is 349 g/mol. The number of anilines is 1. The number of hydrogen-bond donors (Lipinski definition) is 1. The Balaban J connectivity index is 1.35. The molecule has 134 valence electrons. The number of rotatable bonds is 5. The third-order valence-corrected chi connectivity index (χ3v) is 4.77. The van der Waals surface area contributed by atoms with E-state index in [1.54, 1.807) is 6.20 Å². The Bertz CT molecular complexity index is 831. The van der Waals surface area contributed by atoms with E-state index >= 15 is 0 Å². The van der Waals surface area contributed by atoms with E-state index < -0.39 is 0 Å². The third-order valence-electron chi connectivity index (χ3n) is 4.77. The summed E-state index contributed by atoms with van der Waals surface area (Å²) in [6.07, 6.45) is 3.99. The Morgan fingerprint density at radius 3 is 2.92 bits per heavy atom. The van der Waals surface area contributed by atoms with Crippen LogP contribution in [0.15, 0.2) is 53.2 Å². The van der Waals surface area contributed by atoms with Crippen molar-refractivity contribution in [1.29, 1.82) is 0 Å². The smallest absolute Gasteiger partial charge is 0.151 e. The number of aryl methyl sites for hydroxylation is 1. The van der Waals surface area contributed by atoms with Gasteiger partial charge in [0.2, 0.25) is 0 Å². The molecule has 1 aliphatic heterocycles. The van der Waals surface area contributed by atoms with Gasteiger partial charge in [0.25, 0.3) is 0 Å². The molecule has 6 nitrogen and oxygen atoms in total. The molecular formula is C20H23N5O. The average Bonchev–Trinajstić information content (AvgIpc) is 3.17. The van der Waals surface area contributed by atoms with E-state index in [1.807, 2.05) is 18.2 Å². The molecular weight excluding hydrogens is 326 g/mol. The van der Waals surface area contributed by atoms with Crippen LogP contribution in [0.25, 0.3) is 11.3 Å². The maximum Gasteiger partial charge on any atom is 0.151 e. The average molecular weight is 349 g/mol. The predicted molar refractivity (Wildman–Crippen MR) is 101 cm³/mol. The molecule has 0 amide bonds. The van der Waals surface area contributed by atoms with Crippen molar-refractivity contribution in [3.05, 3.63) is 60.0 Å². The Kier molecular flexibility index (Phi) is 4.93. The minimum Gasteiger partial charge on any atom is -0.359 e. The molecule has 26 heavy (non-hydrogen) atoms. The van der Waals surface area contributed by atoms with Crippen molar-refractivity contribution in [2.24, 2.45) is 0 Å². The van der Waals surface area contributed by atoms with Gasteiger partial charge in [0.05, 0.1) is 6.54 Å². The molecule has 0 spiro atoms. The normalized spacial score (nSPS) is 17.4. The summed E-state index contributed by atoms with van der Waals surface area (Å²) >= 11 is 0. The van der Waals surface area contributed by atoms with Crippen molar-refractivity contribution >= 4 is 5.82 Å². The van der Waals surface area contributed by atoms with Crippen LogP contribution in [0.5, 0.6) is 0 Å². The Morgan fingerprint density at radius 2 is 2.12 bits per heavy atom. The maximum atomic E-state index is 5.50. The van der Waals surface area contributed by atoms with Crippen LogP contribution in [0.1, 0.15) is 24.2 Å². The molecule has 4 rings (SSSR count). The lowest BCUT2D eigenvalue weighted by Gasteiger charge is -2.33. The van der Waals surface area contributed by atoms with E-state index in [9.17, 15) is 0 Å². The lowest BCUT2D eigenvalue weighted by atomic mass is 10.1. The van der Waals surface area contributed by atoms with Crippen LogP contribution < -0.4 is 10.2 Å². The van der Waals surface area contributed by atoms with Crippen molar-refractivity contribution < 1.29 is 4.52 Å². The second kappa shape index (κ2) is 7.66. The van der Waals surface area contributed by atoms with E-state index in [-0.39, 0.29) is 0 Å². The molecule has 1 N–H and O–H groups in total. The second-order valence-electron chi connectivity index (χ2n) is 6.79. The number of nitrogens with one attached hydrogen (secondary N) is 1. The minimum absolute atomic E-state index is 0.402. The molecule has 3 heterocycles. The van der Waals surface area contributed by atoms with Crippen LogP contribution in [-0.2, 0) is 6.54 Å². The van der Waals surface area contributed by atoms with Gasteiger partial charge in [0, 0.05) is 37.0 Å². The van der Waals surface area contributed by atoms with Gasteiger partial charge in [-0.3, -0.25) is 0 Å². The van der Waals surface area contributed by atoms with Gasteiger partial charge in [0.1, 0.15) is 5.69 Å². The third kappa shape index (κ3) is 3.91. The Labute approximate surface area is 153 Å². The van der Waals surface area contributed by atoms with Gasteiger partial charge in [-0.25, -0.2) is 0 Å². The molecule has 0 unspecified atom stereocenters. The van der Waals surface area contributed by atoms with Crippen molar-refractivity contribution in [1.82, 2.24) is 20.7 Å². The van der Waals surface area contributed by atoms with Gasteiger partial charge in [-0.15, -0.1) is 5.10 Å². The highest BCUT2D eigenvalue weighted by Crippen LogP contribution is 2.20. The molecule has 1 saturated heterocycles. The van der Waals surface area contributed by atoms with Gasteiger partial charge in [-0.1, -0.05) is 35.0 Å². The molecule has 1 atom stereocenters. The van der Waals surface area contributed by atoms with Crippen LogP contribution in [0.4, 0.5) is 5.82 Å². The zero-order valence-corrected chi connectivity index (χ0v) is 14.9. The molecule has 2 aromatic heterocycles. The van der Waals surface area contributed by atoms with Gasteiger partial charge in [0.15, 0.2) is 11.6 Å². The van der Waals surface area contributed by atoms with Crippen molar-refractivity contribution in [2.75, 3.05) is 18.0 Å². The van der Waals surface area contributed by atoms with Crippen molar-refractivity contribution in [3.8, 4) is 11.3 Å². The fourth-order valence-corrected chi connectivity index (χ4v) is 3.32. The number of piperidine rings is 1. The summed E-state index contributed by atoms with van der Waals surface area (Å²) in [5.74, 6) is 1.80. The number of aromatic nitrogens is 3. The highest BCUT2D eigenvalue weighted by molar-refractivity contribution is 5.59. The van der Waals surface area contributed by atoms with Gasteiger partial charge < -0.3 is 14.7 Å². The molecule has 1 aliphatic rings. The Hall–Kier alpha value is -2.73. The maximum absolute atomic E-state index is 5.50. The second-order valence-corrected chi connectivity index (χ2v) is 6.79. The number of hydrogen-bond acceptors (Lipinski definition) is 6. The highest BCUT2D eigenvalue weighted by atomic mass is 16.5. The van der Waals surface area contributed by atoms with E-state index in [1.165, 1.54) is 5.56 Å². The molecule has 0 saturated carbocycles. The molecule has 1 aromatic carbocycles. The van der Waals surface area contributed by atoms with E-state index in [0.29, 0.717) is 12.6 Å². The first-order valence-electron chi connectivity index (χ1n) is 9.06. The molecule has 0 radical (unpaired) electrons. The minimum atomic E-state index is 0.402. The summed E-state index contributed by atoms with van der Waals surface area (Å²) in [7, 11) is 0. The van der Waals surface area contributed by atoms with Crippen LogP contribution >= 0.6 is 0 Å². The Morgan fingerprint density at radius 1 is 1.23 bits per heavy atom. The predicted octanol–water partition coefficient (Wildman–Crippen LogP) is 3.20. The van der Waals surface area contributed by atoms with Crippen molar-refractivity contribution in [3.63, 3.8) is 0 Å². The molecule has 6 heteroatoms. The van der Waals surface area contributed by atoms with E-state index in [4.69, 9.17) is 4.52 Å². The standard InChI is InChI=1S/C20H23N5O/c1-15-6-8-16(9-7-15)19-12-18(26-24-19)13-21-17-4-3-11-25(14-17)20-5-2-10-22-23-20/h2,5-10,12,17,21H,3-4,11,13-14H2,1H3/t17-/m0/s1. The van der Waals surface area contributed by atoms with Crippen LogP contribution in [0.2, 0.25) is 0 Å². The zero-order chi connectivity index (χ0) is 17.8. The van der Waals surface area contributed by atoms with Gasteiger partial charge in [-0.2, -0.15) is 5.10 Å². The summed E-state index contributed by atoms with van der Waals surface area (Å²) in [4.78, 5) is 2.28. The van der Waals surface area contributed by atoms with Crippen molar-refractivity contribution in [2.45, 2.75) is 32.4 Å².